The van der Waals surface area contributed by atoms with E-state index < -0.39 is 6.10 Å². The molecule has 50 valence electrons. The highest BCUT2D eigenvalue weighted by atomic mass is 16.6. The van der Waals surface area contributed by atoms with Crippen LogP contribution in [0.3, 0.4) is 0 Å². The van der Waals surface area contributed by atoms with Gasteiger partial charge in [0.05, 0.1) is 0 Å². The lowest BCUT2D eigenvalue weighted by Gasteiger charge is -1.99. The summed E-state index contributed by atoms with van der Waals surface area (Å²) in [5.74, 6) is -0.234. The first-order chi connectivity index (χ1) is 4.13. The number of carbonyl (C=O) groups excluding carboxylic acids is 1. The first-order valence-electron chi connectivity index (χ1n) is 2.73. The van der Waals surface area contributed by atoms with Crippen LogP contribution in [0.2, 0.25) is 0 Å². The molecule has 1 atom stereocenters. The molecule has 0 aromatic heterocycles. The number of ether oxygens (including phenoxy) is 1. The number of hydrogen-bond acceptors (Lipinski definition) is 3. The van der Waals surface area contributed by atoms with Gasteiger partial charge in [-0.15, -0.1) is 0 Å². The second-order valence-corrected chi connectivity index (χ2v) is 2.03. The quantitative estimate of drug-likeness (QED) is 0.492. The van der Waals surface area contributed by atoms with Crippen molar-refractivity contribution in [3.63, 3.8) is 0 Å². The zero-order valence-corrected chi connectivity index (χ0v) is 5.34. The largest absolute Gasteiger partial charge is 0.502 e. The minimum absolute atomic E-state index is 0.234. The smallest absolute Gasteiger partial charge is 0.240 e. The molecule has 1 heterocycles. The van der Waals surface area contributed by atoms with Gasteiger partial charge in [-0.25, -0.2) is 0 Å². The molecular weight excluding hydrogens is 122 g/mol. The van der Waals surface area contributed by atoms with Gasteiger partial charge >= 0.3 is 0 Å². The van der Waals surface area contributed by atoms with E-state index in [1.54, 1.807) is 13.8 Å². The Labute approximate surface area is 52.9 Å². The molecular formula is C6H8O3. The average molecular weight is 130 g/mol. The molecule has 0 spiro atoms. The number of allylic oxidation sites excluding steroid dienone is 1. The molecule has 9 heavy (non-hydrogen) atoms. The summed E-state index contributed by atoms with van der Waals surface area (Å²) in [5, 5.41) is 8.84. The van der Waals surface area contributed by atoms with Crippen molar-refractivity contribution in [3.05, 3.63) is 11.5 Å². The van der Waals surface area contributed by atoms with Gasteiger partial charge in [-0.05, 0) is 13.8 Å². The molecule has 1 unspecified atom stereocenters. The van der Waals surface area contributed by atoms with Crippen molar-refractivity contribution in [2.24, 2.45) is 0 Å². The van der Waals surface area contributed by atoms with Crippen LogP contribution in [-0.2, 0) is 9.53 Å². The Bertz CT molecular complexity index is 181. The first-order valence-corrected chi connectivity index (χ1v) is 2.73. The normalized spacial score (nSPS) is 26.9. The molecule has 1 N–H and O–H groups in total. The molecule has 0 radical (unpaired) electrons. The van der Waals surface area contributed by atoms with Crippen molar-refractivity contribution in [2.45, 2.75) is 20.0 Å². The molecule has 0 saturated carbocycles. The number of Topliss-reactive ketones (excluding diaryl/α,β-unsaturated/α-hetero) is 1. The van der Waals surface area contributed by atoms with E-state index in [1.807, 2.05) is 0 Å². The highest BCUT2D eigenvalue weighted by molar-refractivity contribution is 5.98. The summed E-state index contributed by atoms with van der Waals surface area (Å²) in [5.41, 5.74) is 0. The second-order valence-electron chi connectivity index (χ2n) is 2.03. The van der Waals surface area contributed by atoms with Crippen molar-refractivity contribution in [1.29, 1.82) is 0 Å². The van der Waals surface area contributed by atoms with Crippen LogP contribution >= 0.6 is 0 Å². The lowest BCUT2D eigenvalue weighted by Crippen LogP contribution is -2.12. The molecule has 0 aliphatic carbocycles. The Morgan fingerprint density at radius 1 is 1.67 bits per heavy atom. The summed E-state index contributed by atoms with van der Waals surface area (Å²) in [6.45, 7) is 3.17. The van der Waals surface area contributed by atoms with E-state index in [1.165, 1.54) is 0 Å². The lowest BCUT2D eigenvalue weighted by atomic mass is 10.5. The number of aliphatic hydroxyl groups excluding tert-OH is 1. The van der Waals surface area contributed by atoms with Crippen LogP contribution < -0.4 is 0 Å². The predicted octanol–water partition coefficient (Wildman–Crippen LogP) is 0.764. The molecule has 0 bridgehead atoms. The number of carbonyl (C=O) groups is 1. The second kappa shape index (κ2) is 1.76. The van der Waals surface area contributed by atoms with E-state index in [-0.39, 0.29) is 11.5 Å². The maximum Gasteiger partial charge on any atom is 0.240 e. The van der Waals surface area contributed by atoms with Gasteiger partial charge in [-0.2, -0.15) is 0 Å². The molecule has 3 heteroatoms. The van der Waals surface area contributed by atoms with Crippen molar-refractivity contribution in [3.8, 4) is 0 Å². The molecule has 0 amide bonds. The molecule has 0 aromatic carbocycles. The van der Waals surface area contributed by atoms with Gasteiger partial charge < -0.3 is 9.84 Å². The fourth-order valence-electron chi connectivity index (χ4n) is 0.741. The molecule has 1 aliphatic heterocycles. The van der Waals surface area contributed by atoms with Gasteiger partial charge in [-0.1, -0.05) is 0 Å². The maximum atomic E-state index is 10.7. The summed E-state index contributed by atoms with van der Waals surface area (Å²) < 4.78 is 4.87. The first kappa shape index (κ1) is 6.13. The SMILES string of the molecule is CC1=C(O)[13C](=O)[13CH](C)O1. The third kappa shape index (κ3) is 0.781. The number of rotatable bonds is 0. The minimum atomic E-state index is -0.495. The van der Waals surface area contributed by atoms with Crippen LogP contribution in [0.5, 0.6) is 0 Å². The van der Waals surface area contributed by atoms with Crippen LogP contribution in [0, 0.1) is 0 Å². The maximum absolute atomic E-state index is 10.7. The molecule has 0 saturated heterocycles. The Kier molecular flexibility index (Phi) is 1.20. The standard InChI is InChI=1S/C6H8O3/c1-3-5(7)6(8)4(2)9-3/h3,8H,1-2H3/i3+1,5+1. The van der Waals surface area contributed by atoms with Gasteiger partial charge in [0.2, 0.25) is 11.5 Å². The Morgan fingerprint density at radius 3 is 2.33 bits per heavy atom. The van der Waals surface area contributed by atoms with Crippen LogP contribution in [0.1, 0.15) is 13.8 Å². The summed E-state index contributed by atoms with van der Waals surface area (Å²) in [7, 11) is 0. The number of aliphatic hydroxyl groups is 1. The predicted molar refractivity (Wildman–Crippen MR) is 30.9 cm³/mol. The summed E-state index contributed by atoms with van der Waals surface area (Å²) in [6, 6.07) is 0. The summed E-state index contributed by atoms with van der Waals surface area (Å²) in [4.78, 5) is 10.7. The molecule has 0 fully saturated rings. The molecule has 1 rings (SSSR count). The van der Waals surface area contributed by atoms with Crippen LogP contribution in [0.15, 0.2) is 11.5 Å². The highest BCUT2D eigenvalue weighted by Gasteiger charge is 2.28. The Balaban J connectivity index is 2.87. The topological polar surface area (TPSA) is 46.5 Å². The van der Waals surface area contributed by atoms with Gasteiger partial charge in [0, 0.05) is 0 Å². The van der Waals surface area contributed by atoms with E-state index in [0.717, 1.165) is 0 Å². The Hall–Kier alpha value is -0.990. The lowest BCUT2D eigenvalue weighted by molar-refractivity contribution is -0.122. The van der Waals surface area contributed by atoms with E-state index >= 15 is 0 Å². The van der Waals surface area contributed by atoms with E-state index in [9.17, 15) is 4.79 Å². The number of hydrogen-bond donors (Lipinski definition) is 1. The molecule has 0 aromatic rings. The third-order valence-corrected chi connectivity index (χ3v) is 1.29. The Morgan fingerprint density at radius 2 is 2.22 bits per heavy atom. The van der Waals surface area contributed by atoms with Crippen LogP contribution in [-0.4, -0.2) is 17.0 Å². The zero-order valence-electron chi connectivity index (χ0n) is 5.34. The van der Waals surface area contributed by atoms with Crippen molar-refractivity contribution in [2.75, 3.05) is 0 Å². The highest BCUT2D eigenvalue weighted by Crippen LogP contribution is 2.17. The third-order valence-electron chi connectivity index (χ3n) is 1.29. The summed E-state index contributed by atoms with van der Waals surface area (Å²) in [6.07, 6.45) is -0.495. The van der Waals surface area contributed by atoms with Crippen LogP contribution in [0.25, 0.3) is 0 Å². The van der Waals surface area contributed by atoms with Gasteiger partial charge in [0.15, 0.2) is 6.10 Å². The summed E-state index contributed by atoms with van der Waals surface area (Å²) >= 11 is 0. The molecule has 3 nitrogen and oxygen atoms in total. The number of ketones is 1. The minimum Gasteiger partial charge on any atom is -0.502 e. The van der Waals surface area contributed by atoms with E-state index in [0.29, 0.717) is 5.76 Å². The van der Waals surface area contributed by atoms with Crippen molar-refractivity contribution in [1.82, 2.24) is 0 Å². The van der Waals surface area contributed by atoms with E-state index in [4.69, 9.17) is 9.84 Å². The van der Waals surface area contributed by atoms with E-state index in [2.05, 4.69) is 0 Å². The van der Waals surface area contributed by atoms with Crippen molar-refractivity contribution < 1.29 is 14.6 Å². The fourth-order valence-corrected chi connectivity index (χ4v) is 0.741. The van der Waals surface area contributed by atoms with Crippen LogP contribution in [0.4, 0.5) is 0 Å². The average Bonchev–Trinajstić information content (AvgIpc) is 1.98. The van der Waals surface area contributed by atoms with Gasteiger partial charge in [0.1, 0.15) is 5.76 Å². The fraction of sp³-hybridized carbons (Fsp3) is 0.500. The van der Waals surface area contributed by atoms with Crippen molar-refractivity contribution >= 4 is 5.78 Å². The van der Waals surface area contributed by atoms with Gasteiger partial charge in [0.25, 0.3) is 0 Å². The van der Waals surface area contributed by atoms with Gasteiger partial charge in [-0.3, -0.25) is 4.79 Å². The molecule has 1 aliphatic rings. The monoisotopic (exact) mass is 130 g/mol. The zero-order chi connectivity index (χ0) is 7.02.